The van der Waals surface area contributed by atoms with Gasteiger partial charge in [-0.25, -0.2) is 4.39 Å². The molecule has 3 N–H and O–H groups in total. The van der Waals surface area contributed by atoms with E-state index in [1.165, 1.54) is 12.1 Å². The van der Waals surface area contributed by atoms with E-state index < -0.39 is 10.7 Å². The lowest BCUT2D eigenvalue weighted by Crippen LogP contribution is -2.04. The Hall–Kier alpha value is -2.47. The van der Waals surface area contributed by atoms with E-state index in [9.17, 15) is 14.5 Å². The highest BCUT2D eigenvalue weighted by Gasteiger charge is 2.14. The molecule has 0 aliphatic carbocycles. The third-order valence-electron chi connectivity index (χ3n) is 3.10. The van der Waals surface area contributed by atoms with Crippen molar-refractivity contribution < 1.29 is 9.31 Å². The maximum absolute atomic E-state index is 13.0. The molecule has 6 heteroatoms. The Morgan fingerprint density at radius 1 is 1.14 bits per heavy atom. The molecule has 0 aliphatic rings. The Labute approximate surface area is 121 Å². The van der Waals surface area contributed by atoms with E-state index in [2.05, 4.69) is 5.32 Å². The van der Waals surface area contributed by atoms with Crippen molar-refractivity contribution in [3.05, 3.63) is 69.5 Å². The second kappa shape index (κ2) is 6.81. The van der Waals surface area contributed by atoms with Crippen LogP contribution in [0.3, 0.4) is 0 Å². The van der Waals surface area contributed by atoms with Gasteiger partial charge in [0.15, 0.2) is 0 Å². The van der Waals surface area contributed by atoms with Gasteiger partial charge >= 0.3 is 0 Å². The molecular weight excluding hydrogens is 273 g/mol. The molecular formula is C15H16FN3O2. The van der Waals surface area contributed by atoms with Crippen LogP contribution in [0.2, 0.25) is 0 Å². The summed E-state index contributed by atoms with van der Waals surface area (Å²) in [7, 11) is 0. The molecule has 0 unspecified atom stereocenters. The molecule has 0 atom stereocenters. The lowest BCUT2D eigenvalue weighted by molar-refractivity contribution is -0.384. The molecule has 2 aromatic carbocycles. The normalized spacial score (nSPS) is 10.4. The second-order valence-electron chi connectivity index (χ2n) is 4.63. The summed E-state index contributed by atoms with van der Waals surface area (Å²) in [4.78, 5) is 10.3. The summed E-state index contributed by atoms with van der Waals surface area (Å²) >= 11 is 0. The van der Waals surface area contributed by atoms with Crippen molar-refractivity contribution >= 4 is 11.4 Å². The Morgan fingerprint density at radius 3 is 2.43 bits per heavy atom. The first kappa shape index (κ1) is 14.9. The molecule has 0 saturated heterocycles. The summed E-state index contributed by atoms with van der Waals surface area (Å²) in [5.41, 5.74) is 7.64. The van der Waals surface area contributed by atoms with E-state index in [4.69, 9.17) is 5.73 Å². The molecule has 0 fully saturated rings. The first-order valence-corrected chi connectivity index (χ1v) is 6.56. The molecule has 0 amide bonds. The van der Waals surface area contributed by atoms with Crippen LogP contribution < -0.4 is 11.1 Å². The molecule has 5 nitrogen and oxygen atoms in total. The van der Waals surface area contributed by atoms with Gasteiger partial charge in [-0.2, -0.15) is 0 Å². The monoisotopic (exact) mass is 289 g/mol. The zero-order valence-corrected chi connectivity index (χ0v) is 11.4. The third-order valence-corrected chi connectivity index (χ3v) is 3.10. The number of nitro groups is 1. The maximum Gasteiger partial charge on any atom is 0.295 e. The van der Waals surface area contributed by atoms with Crippen LogP contribution in [0.25, 0.3) is 0 Å². The maximum atomic E-state index is 13.0. The van der Waals surface area contributed by atoms with E-state index in [1.54, 1.807) is 0 Å². The summed E-state index contributed by atoms with van der Waals surface area (Å²) < 4.78 is 13.0. The molecule has 110 valence electrons. The highest BCUT2D eigenvalue weighted by molar-refractivity contribution is 5.61. The van der Waals surface area contributed by atoms with Gasteiger partial charge in [0.25, 0.3) is 5.69 Å². The highest BCUT2D eigenvalue weighted by atomic mass is 19.1. The summed E-state index contributed by atoms with van der Waals surface area (Å²) in [5, 5.41) is 13.8. The van der Waals surface area contributed by atoms with Crippen molar-refractivity contribution in [3.63, 3.8) is 0 Å². The van der Waals surface area contributed by atoms with Crippen LogP contribution in [0.15, 0.2) is 42.5 Å². The predicted molar refractivity (Wildman–Crippen MR) is 79.6 cm³/mol. The number of halogens is 1. The first-order valence-electron chi connectivity index (χ1n) is 6.56. The van der Waals surface area contributed by atoms with Crippen molar-refractivity contribution in [2.24, 2.45) is 5.73 Å². The smallest absolute Gasteiger partial charge is 0.295 e. The van der Waals surface area contributed by atoms with Gasteiger partial charge in [0.2, 0.25) is 0 Å². The fraction of sp³-hybridized carbons (Fsp3) is 0.200. The van der Waals surface area contributed by atoms with E-state index in [0.29, 0.717) is 18.8 Å². The Morgan fingerprint density at radius 2 is 1.81 bits per heavy atom. The van der Waals surface area contributed by atoms with E-state index in [1.807, 2.05) is 24.3 Å². The van der Waals surface area contributed by atoms with Crippen LogP contribution in [0.1, 0.15) is 11.1 Å². The molecule has 0 saturated carbocycles. The van der Waals surface area contributed by atoms with Crippen LogP contribution in [-0.4, -0.2) is 11.5 Å². The Bertz CT molecular complexity index is 629. The fourth-order valence-corrected chi connectivity index (χ4v) is 1.99. The first-order chi connectivity index (χ1) is 10.1. The van der Waals surface area contributed by atoms with Gasteiger partial charge in [0.05, 0.1) is 11.0 Å². The second-order valence-corrected chi connectivity index (χ2v) is 4.63. The molecule has 0 aliphatic heterocycles. The average Bonchev–Trinajstić information content (AvgIpc) is 2.47. The van der Waals surface area contributed by atoms with Crippen LogP contribution in [0.5, 0.6) is 0 Å². The number of nitro benzene ring substituents is 1. The Balaban J connectivity index is 2.07. The zero-order chi connectivity index (χ0) is 15.2. The topological polar surface area (TPSA) is 81.2 Å². The lowest BCUT2D eigenvalue weighted by Gasteiger charge is -2.08. The van der Waals surface area contributed by atoms with Gasteiger partial charge in [-0.1, -0.05) is 24.3 Å². The van der Waals surface area contributed by atoms with Crippen molar-refractivity contribution in [2.45, 2.75) is 13.0 Å². The number of hydrogen-bond acceptors (Lipinski definition) is 4. The van der Waals surface area contributed by atoms with Crippen molar-refractivity contribution in [2.75, 3.05) is 11.9 Å². The summed E-state index contributed by atoms with van der Waals surface area (Å²) in [5.74, 6) is -0.626. The highest BCUT2D eigenvalue weighted by Crippen LogP contribution is 2.25. The molecule has 2 aromatic rings. The minimum absolute atomic E-state index is 0.269. The molecule has 0 aromatic heterocycles. The van der Waals surface area contributed by atoms with Crippen LogP contribution in [0, 0.1) is 15.9 Å². The molecule has 0 spiro atoms. The fourth-order valence-electron chi connectivity index (χ4n) is 1.99. The number of benzene rings is 2. The van der Waals surface area contributed by atoms with Gasteiger partial charge in [-0.3, -0.25) is 10.1 Å². The van der Waals surface area contributed by atoms with Gasteiger partial charge < -0.3 is 11.1 Å². The number of nitrogens with zero attached hydrogens (tertiary/aromatic N) is 1. The molecule has 21 heavy (non-hydrogen) atoms. The number of rotatable bonds is 6. The van der Waals surface area contributed by atoms with E-state index in [-0.39, 0.29) is 5.69 Å². The molecule has 0 radical (unpaired) electrons. The van der Waals surface area contributed by atoms with Gasteiger partial charge in [0.1, 0.15) is 11.5 Å². The summed E-state index contributed by atoms with van der Waals surface area (Å²) in [6.07, 6.45) is 0.817. The minimum Gasteiger partial charge on any atom is -0.375 e. The molecule has 0 bridgehead atoms. The van der Waals surface area contributed by atoms with E-state index in [0.717, 1.165) is 23.6 Å². The third kappa shape index (κ3) is 4.00. The number of anilines is 1. The summed E-state index contributed by atoms with van der Waals surface area (Å²) in [6.45, 7) is 1.02. The standard InChI is InChI=1S/C15H16FN3O2/c16-13-5-6-14(15(9-13)19(20)21)18-10-12-3-1-11(2-4-12)7-8-17/h1-6,9,18H,7-8,10,17H2. The summed E-state index contributed by atoms with van der Waals surface area (Å²) in [6, 6.07) is 11.3. The van der Waals surface area contributed by atoms with Crippen molar-refractivity contribution in [1.29, 1.82) is 0 Å². The van der Waals surface area contributed by atoms with Crippen molar-refractivity contribution in [3.8, 4) is 0 Å². The number of nitrogens with two attached hydrogens (primary N) is 1. The Kier molecular flexibility index (Phi) is 4.84. The van der Waals surface area contributed by atoms with Gasteiger partial charge in [0, 0.05) is 6.54 Å². The average molecular weight is 289 g/mol. The van der Waals surface area contributed by atoms with Crippen LogP contribution >= 0.6 is 0 Å². The van der Waals surface area contributed by atoms with E-state index >= 15 is 0 Å². The largest absolute Gasteiger partial charge is 0.375 e. The van der Waals surface area contributed by atoms with Crippen molar-refractivity contribution in [1.82, 2.24) is 0 Å². The SMILES string of the molecule is NCCc1ccc(CNc2ccc(F)cc2[N+](=O)[O-])cc1. The van der Waals surface area contributed by atoms with Crippen LogP contribution in [0.4, 0.5) is 15.8 Å². The predicted octanol–water partition coefficient (Wildman–Crippen LogP) is 2.85. The van der Waals surface area contributed by atoms with Gasteiger partial charge in [-0.15, -0.1) is 0 Å². The number of hydrogen-bond donors (Lipinski definition) is 2. The number of nitrogens with one attached hydrogen (secondary N) is 1. The zero-order valence-electron chi connectivity index (χ0n) is 11.4. The van der Waals surface area contributed by atoms with Gasteiger partial charge in [-0.05, 0) is 36.2 Å². The molecule has 0 heterocycles. The lowest BCUT2D eigenvalue weighted by atomic mass is 10.1. The minimum atomic E-state index is -0.626. The molecule has 2 rings (SSSR count). The van der Waals surface area contributed by atoms with Crippen LogP contribution in [-0.2, 0) is 13.0 Å². The quantitative estimate of drug-likeness (QED) is 0.633.